The van der Waals surface area contributed by atoms with Gasteiger partial charge in [0.1, 0.15) is 0 Å². The normalized spacial score (nSPS) is 9.93. The molecule has 136 valence electrons. The molecule has 3 rings (SSSR count). The van der Waals surface area contributed by atoms with Crippen LogP contribution in [0.25, 0.3) is 12.2 Å². The molecule has 0 bridgehead atoms. The smallest absolute Gasteiger partial charge is 0.0991 e. The molecule has 0 aliphatic carbocycles. The molecular formula is C26H22N2. The van der Waals surface area contributed by atoms with Gasteiger partial charge in [0.15, 0.2) is 0 Å². The molecule has 0 aliphatic heterocycles. The van der Waals surface area contributed by atoms with E-state index in [2.05, 4.69) is 48.6 Å². The summed E-state index contributed by atoms with van der Waals surface area (Å²) in [7, 11) is 0. The molecule has 28 heavy (non-hydrogen) atoms. The monoisotopic (exact) mass is 362 g/mol. The van der Waals surface area contributed by atoms with Crippen molar-refractivity contribution in [2.75, 3.05) is 0 Å². The summed E-state index contributed by atoms with van der Waals surface area (Å²) in [4.78, 5) is 0. The number of nitrogens with zero attached hydrogens (tertiary/aromatic N) is 2. The Balaban J connectivity index is 1.53. The van der Waals surface area contributed by atoms with Crippen LogP contribution >= 0.6 is 0 Å². The maximum atomic E-state index is 8.84. The van der Waals surface area contributed by atoms with Crippen molar-refractivity contribution < 1.29 is 0 Å². The molecule has 0 spiro atoms. The minimum absolute atomic E-state index is 0.707. The highest BCUT2D eigenvalue weighted by Crippen LogP contribution is 2.07. The molecule has 3 aromatic carbocycles. The number of hydrogen-bond acceptors (Lipinski definition) is 2. The first-order chi connectivity index (χ1) is 13.8. The predicted octanol–water partition coefficient (Wildman–Crippen LogP) is 4.26. The maximum Gasteiger partial charge on any atom is 0.0991 e. The average molecular weight is 362 g/mol. The van der Waals surface area contributed by atoms with Gasteiger partial charge in [0.25, 0.3) is 0 Å². The molecule has 0 aliphatic rings. The van der Waals surface area contributed by atoms with Gasteiger partial charge in [0.05, 0.1) is 23.3 Å². The van der Waals surface area contributed by atoms with Crippen molar-refractivity contribution in [2.24, 2.45) is 0 Å². The van der Waals surface area contributed by atoms with Gasteiger partial charge in [0.2, 0.25) is 0 Å². The number of nitriles is 2. The molecule has 0 amide bonds. The first-order valence-corrected chi connectivity index (χ1v) is 9.51. The zero-order valence-electron chi connectivity index (χ0n) is 15.8. The van der Waals surface area contributed by atoms with Crippen LogP contribution in [-0.2, 0) is 12.8 Å². The van der Waals surface area contributed by atoms with Gasteiger partial charge in [0, 0.05) is 0 Å². The predicted molar refractivity (Wildman–Crippen MR) is 114 cm³/mol. The summed E-state index contributed by atoms with van der Waals surface area (Å²) in [6, 6.07) is 28.5. The molecular weight excluding hydrogens is 340 g/mol. The fourth-order valence-corrected chi connectivity index (χ4v) is 3.07. The Morgan fingerprint density at radius 2 is 0.893 bits per heavy atom. The van der Waals surface area contributed by atoms with E-state index in [1.54, 1.807) is 0 Å². The maximum absolute atomic E-state index is 8.84. The Bertz CT molecular complexity index is 994. The molecule has 2 heteroatoms. The Hall–Kier alpha value is -3.62. The molecule has 0 unspecified atom stereocenters. The van der Waals surface area contributed by atoms with Crippen LogP contribution in [0.15, 0.2) is 72.8 Å². The summed E-state index contributed by atoms with van der Waals surface area (Å²) in [6.45, 7) is 0. The number of benzene rings is 3. The molecule has 0 saturated carbocycles. The Labute approximate surface area is 166 Å². The minimum Gasteiger partial charge on any atom is -0.192 e. The van der Waals surface area contributed by atoms with Crippen molar-refractivity contribution >= 4 is 12.2 Å². The molecule has 3 aromatic rings. The second-order valence-corrected chi connectivity index (χ2v) is 6.77. The van der Waals surface area contributed by atoms with Crippen molar-refractivity contribution in [2.45, 2.75) is 25.7 Å². The van der Waals surface area contributed by atoms with Gasteiger partial charge in [-0.1, -0.05) is 60.7 Å². The van der Waals surface area contributed by atoms with E-state index in [1.807, 2.05) is 48.5 Å². The third-order valence-corrected chi connectivity index (χ3v) is 4.73. The molecule has 0 saturated heterocycles. The fraction of sp³-hybridized carbons (Fsp3) is 0.154. The minimum atomic E-state index is 0.707. The largest absolute Gasteiger partial charge is 0.192 e. The van der Waals surface area contributed by atoms with Crippen LogP contribution < -0.4 is 10.4 Å². The van der Waals surface area contributed by atoms with E-state index in [0.29, 0.717) is 11.1 Å². The van der Waals surface area contributed by atoms with Crippen LogP contribution in [-0.4, -0.2) is 0 Å². The highest BCUT2D eigenvalue weighted by molar-refractivity contribution is 5.35. The summed E-state index contributed by atoms with van der Waals surface area (Å²) in [5.41, 5.74) is 3.92. The van der Waals surface area contributed by atoms with Gasteiger partial charge < -0.3 is 0 Å². The highest BCUT2D eigenvalue weighted by Gasteiger charge is 1.94. The molecule has 0 heterocycles. The van der Waals surface area contributed by atoms with Crippen molar-refractivity contribution in [1.82, 2.24) is 0 Å². The second-order valence-electron chi connectivity index (χ2n) is 6.77. The van der Waals surface area contributed by atoms with Gasteiger partial charge in [-0.3, -0.25) is 0 Å². The zero-order chi connectivity index (χ0) is 19.6. The number of aryl methyl sites for hydroxylation is 2. The van der Waals surface area contributed by atoms with E-state index in [-0.39, 0.29) is 0 Å². The quantitative estimate of drug-likeness (QED) is 0.658. The SMILES string of the molecule is N#Cc1ccc(CCC=c2ccc(=CCCc3ccc(C#N)cc3)cc2)cc1. The lowest BCUT2D eigenvalue weighted by Crippen LogP contribution is -2.07. The summed E-state index contributed by atoms with van der Waals surface area (Å²) < 4.78 is 0. The van der Waals surface area contributed by atoms with Gasteiger partial charge in [-0.05, 0) is 71.5 Å². The third kappa shape index (κ3) is 5.70. The van der Waals surface area contributed by atoms with E-state index in [9.17, 15) is 0 Å². The number of hydrogen-bond donors (Lipinski definition) is 0. The van der Waals surface area contributed by atoms with E-state index < -0.39 is 0 Å². The van der Waals surface area contributed by atoms with Crippen molar-refractivity contribution in [1.29, 1.82) is 10.5 Å². The van der Waals surface area contributed by atoms with Crippen LogP contribution in [0.3, 0.4) is 0 Å². The van der Waals surface area contributed by atoms with Gasteiger partial charge in [-0.15, -0.1) is 0 Å². The first kappa shape index (κ1) is 19.2. The van der Waals surface area contributed by atoms with E-state index in [0.717, 1.165) is 25.7 Å². The van der Waals surface area contributed by atoms with Crippen molar-refractivity contribution in [3.8, 4) is 12.1 Å². The lowest BCUT2D eigenvalue weighted by molar-refractivity contribution is 1.03. The Kier molecular flexibility index (Phi) is 6.78. The van der Waals surface area contributed by atoms with Gasteiger partial charge >= 0.3 is 0 Å². The highest BCUT2D eigenvalue weighted by atomic mass is 14.2. The summed E-state index contributed by atoms with van der Waals surface area (Å²) in [6.07, 6.45) is 8.41. The fourth-order valence-electron chi connectivity index (χ4n) is 3.07. The van der Waals surface area contributed by atoms with E-state index in [4.69, 9.17) is 10.5 Å². The van der Waals surface area contributed by atoms with Gasteiger partial charge in [-0.2, -0.15) is 10.5 Å². The van der Waals surface area contributed by atoms with Crippen LogP contribution in [0, 0.1) is 22.7 Å². The molecule has 0 N–H and O–H groups in total. The van der Waals surface area contributed by atoms with Crippen molar-refractivity contribution in [3.63, 3.8) is 0 Å². The average Bonchev–Trinajstić information content (AvgIpc) is 2.76. The van der Waals surface area contributed by atoms with Crippen molar-refractivity contribution in [3.05, 3.63) is 105 Å². The van der Waals surface area contributed by atoms with Crippen LogP contribution in [0.4, 0.5) is 0 Å². The third-order valence-electron chi connectivity index (χ3n) is 4.73. The molecule has 0 atom stereocenters. The molecule has 0 radical (unpaired) electrons. The Morgan fingerprint density at radius 1 is 0.536 bits per heavy atom. The first-order valence-electron chi connectivity index (χ1n) is 9.51. The molecule has 0 fully saturated rings. The van der Waals surface area contributed by atoms with Crippen LogP contribution in [0.5, 0.6) is 0 Å². The van der Waals surface area contributed by atoms with Crippen LogP contribution in [0.1, 0.15) is 35.1 Å². The summed E-state index contributed by atoms with van der Waals surface area (Å²) in [5.74, 6) is 0. The van der Waals surface area contributed by atoms with Gasteiger partial charge in [-0.25, -0.2) is 0 Å². The van der Waals surface area contributed by atoms with E-state index in [1.165, 1.54) is 21.6 Å². The zero-order valence-corrected chi connectivity index (χ0v) is 15.8. The molecule has 0 aromatic heterocycles. The topological polar surface area (TPSA) is 47.6 Å². The Morgan fingerprint density at radius 3 is 1.21 bits per heavy atom. The standard InChI is InChI=1S/C26H22N2/c27-19-25-15-11-23(12-16-25)5-1-3-21-7-9-22(10-8-21)4-2-6-24-13-17-26(20-28)18-14-24/h3-4,7-18H,1-2,5-6H2. The van der Waals surface area contributed by atoms with E-state index >= 15 is 0 Å². The molecule has 2 nitrogen and oxygen atoms in total. The van der Waals surface area contributed by atoms with Crippen LogP contribution in [0.2, 0.25) is 0 Å². The summed E-state index contributed by atoms with van der Waals surface area (Å²) in [5, 5.41) is 20.1. The lowest BCUT2D eigenvalue weighted by Gasteiger charge is -1.98. The summed E-state index contributed by atoms with van der Waals surface area (Å²) >= 11 is 0. The number of rotatable bonds is 6. The second kappa shape index (κ2) is 9.91. The lowest BCUT2D eigenvalue weighted by atomic mass is 10.1.